The van der Waals surface area contributed by atoms with Crippen LogP contribution in [-0.4, -0.2) is 16.8 Å². The van der Waals surface area contributed by atoms with E-state index in [-0.39, 0.29) is 18.2 Å². The zero-order valence-electron chi connectivity index (χ0n) is 10.6. The molecule has 0 atom stereocenters. The number of benzene rings is 1. The number of hydrogen-bond acceptors (Lipinski definition) is 2. The van der Waals surface area contributed by atoms with Gasteiger partial charge in [0.15, 0.2) is 0 Å². The van der Waals surface area contributed by atoms with Crippen LogP contribution in [0.5, 0.6) is 0 Å². The highest BCUT2D eigenvalue weighted by Gasteiger charge is 2.07. The molecule has 1 aromatic carbocycles. The van der Waals surface area contributed by atoms with Crippen molar-refractivity contribution in [3.05, 3.63) is 53.3 Å². The molecule has 2 aromatic rings. The molecule has 0 aliphatic carbocycles. The van der Waals surface area contributed by atoms with E-state index in [1.165, 1.54) is 0 Å². The van der Waals surface area contributed by atoms with Gasteiger partial charge in [0.2, 0.25) is 5.91 Å². The topological polar surface area (TPSA) is 88.0 Å². The summed E-state index contributed by atoms with van der Waals surface area (Å²) in [7, 11) is 0. The Kier molecular flexibility index (Phi) is 3.66. The number of nitrogens with two attached hydrogens (primary N) is 1. The zero-order valence-corrected chi connectivity index (χ0v) is 10.6. The van der Waals surface area contributed by atoms with Crippen LogP contribution in [0.15, 0.2) is 36.4 Å². The van der Waals surface area contributed by atoms with Gasteiger partial charge in [-0.3, -0.25) is 9.59 Å². The van der Waals surface area contributed by atoms with Gasteiger partial charge in [-0.25, -0.2) is 0 Å². The summed E-state index contributed by atoms with van der Waals surface area (Å²) in [6, 6.07) is 10.6. The fourth-order valence-corrected chi connectivity index (χ4v) is 1.74. The third-order valence-electron chi connectivity index (χ3n) is 2.67. The molecule has 98 valence electrons. The van der Waals surface area contributed by atoms with Crippen molar-refractivity contribution in [2.75, 3.05) is 5.32 Å². The number of rotatable bonds is 4. The summed E-state index contributed by atoms with van der Waals surface area (Å²) in [5, 5.41) is 2.77. The highest BCUT2D eigenvalue weighted by molar-refractivity contribution is 6.03. The van der Waals surface area contributed by atoms with Gasteiger partial charge >= 0.3 is 0 Å². The number of hydrogen-bond donors (Lipinski definition) is 3. The van der Waals surface area contributed by atoms with E-state index < -0.39 is 0 Å². The maximum absolute atomic E-state index is 11.9. The maximum atomic E-state index is 11.9. The molecule has 0 saturated heterocycles. The summed E-state index contributed by atoms with van der Waals surface area (Å²) in [5.74, 6) is -0.575. The van der Waals surface area contributed by atoms with E-state index in [1.807, 2.05) is 13.0 Å². The number of primary amides is 1. The second-order valence-electron chi connectivity index (χ2n) is 4.35. The van der Waals surface area contributed by atoms with Crippen molar-refractivity contribution < 1.29 is 9.59 Å². The Morgan fingerprint density at radius 1 is 1.16 bits per heavy atom. The van der Waals surface area contributed by atoms with E-state index in [0.29, 0.717) is 11.4 Å². The van der Waals surface area contributed by atoms with Gasteiger partial charge in [-0.05, 0) is 36.8 Å². The lowest BCUT2D eigenvalue weighted by atomic mass is 10.1. The molecule has 0 saturated carbocycles. The molecule has 0 radical (unpaired) electrons. The number of H-pyrrole nitrogens is 1. The molecule has 19 heavy (non-hydrogen) atoms. The van der Waals surface area contributed by atoms with Gasteiger partial charge in [0.05, 0.1) is 6.42 Å². The lowest BCUT2D eigenvalue weighted by molar-refractivity contribution is -0.117. The Morgan fingerprint density at radius 2 is 1.84 bits per heavy atom. The van der Waals surface area contributed by atoms with Crippen LogP contribution in [0, 0.1) is 6.92 Å². The van der Waals surface area contributed by atoms with Gasteiger partial charge in [-0.15, -0.1) is 0 Å². The number of aromatic amines is 1. The van der Waals surface area contributed by atoms with Crippen molar-refractivity contribution in [1.29, 1.82) is 0 Å². The molecule has 0 fully saturated rings. The molecule has 5 nitrogen and oxygen atoms in total. The monoisotopic (exact) mass is 257 g/mol. The molecule has 1 aromatic heterocycles. The van der Waals surface area contributed by atoms with Crippen molar-refractivity contribution in [3.63, 3.8) is 0 Å². The van der Waals surface area contributed by atoms with Crippen molar-refractivity contribution in [1.82, 2.24) is 4.98 Å². The Balaban J connectivity index is 2.03. The molecule has 0 aliphatic heterocycles. The van der Waals surface area contributed by atoms with Gasteiger partial charge < -0.3 is 16.0 Å². The smallest absolute Gasteiger partial charge is 0.272 e. The third-order valence-corrected chi connectivity index (χ3v) is 2.67. The fraction of sp³-hybridized carbons (Fsp3) is 0.143. The largest absolute Gasteiger partial charge is 0.369 e. The van der Waals surface area contributed by atoms with E-state index in [1.54, 1.807) is 30.3 Å². The highest BCUT2D eigenvalue weighted by atomic mass is 16.2. The summed E-state index contributed by atoms with van der Waals surface area (Å²) in [5.41, 5.74) is 8.05. The first kappa shape index (κ1) is 12.9. The first-order chi connectivity index (χ1) is 9.04. The Hall–Kier alpha value is -2.56. The van der Waals surface area contributed by atoms with Gasteiger partial charge in [-0.2, -0.15) is 0 Å². The van der Waals surface area contributed by atoms with Crippen LogP contribution in [0.25, 0.3) is 0 Å². The number of amides is 2. The average molecular weight is 257 g/mol. The van der Waals surface area contributed by atoms with Crippen LogP contribution in [0.4, 0.5) is 5.69 Å². The van der Waals surface area contributed by atoms with E-state index in [0.717, 1.165) is 11.3 Å². The van der Waals surface area contributed by atoms with Crippen molar-refractivity contribution >= 4 is 17.5 Å². The van der Waals surface area contributed by atoms with Crippen molar-refractivity contribution in [3.8, 4) is 0 Å². The Labute approximate surface area is 110 Å². The fourth-order valence-electron chi connectivity index (χ4n) is 1.74. The summed E-state index contributed by atoms with van der Waals surface area (Å²) in [6.07, 6.45) is 0.198. The van der Waals surface area contributed by atoms with Crippen LogP contribution in [-0.2, 0) is 11.2 Å². The van der Waals surface area contributed by atoms with E-state index in [4.69, 9.17) is 5.73 Å². The molecule has 0 bridgehead atoms. The van der Waals surface area contributed by atoms with Crippen LogP contribution in [0.3, 0.4) is 0 Å². The van der Waals surface area contributed by atoms with Crippen LogP contribution in [0.2, 0.25) is 0 Å². The molecule has 2 rings (SSSR count). The molecule has 0 spiro atoms. The Morgan fingerprint density at radius 3 is 2.37 bits per heavy atom. The lowest BCUT2D eigenvalue weighted by Crippen LogP contribution is -2.14. The minimum atomic E-state index is -0.376. The SMILES string of the molecule is Cc1ccc(C(=O)Nc2ccc(CC(N)=O)cc2)[nH]1. The molecule has 0 unspecified atom stereocenters. The zero-order chi connectivity index (χ0) is 13.8. The second kappa shape index (κ2) is 5.39. The minimum Gasteiger partial charge on any atom is -0.369 e. The van der Waals surface area contributed by atoms with Gasteiger partial charge in [0.1, 0.15) is 5.69 Å². The standard InChI is InChI=1S/C14H15N3O2/c1-9-2-7-12(16-9)14(19)17-11-5-3-10(4-6-11)8-13(15)18/h2-7,16H,8H2,1H3,(H2,15,18)(H,17,19). The molecule has 0 aliphatic rings. The maximum Gasteiger partial charge on any atom is 0.272 e. The summed E-state index contributed by atoms with van der Waals surface area (Å²) < 4.78 is 0. The number of aryl methyl sites for hydroxylation is 1. The first-order valence-electron chi connectivity index (χ1n) is 5.89. The van der Waals surface area contributed by atoms with Gasteiger partial charge in [-0.1, -0.05) is 12.1 Å². The molecule has 2 amide bonds. The van der Waals surface area contributed by atoms with E-state index in [9.17, 15) is 9.59 Å². The average Bonchev–Trinajstić information content (AvgIpc) is 2.78. The number of nitrogens with one attached hydrogen (secondary N) is 2. The van der Waals surface area contributed by atoms with E-state index in [2.05, 4.69) is 10.3 Å². The van der Waals surface area contributed by atoms with Gasteiger partial charge in [0.25, 0.3) is 5.91 Å². The number of anilines is 1. The number of aromatic nitrogens is 1. The summed E-state index contributed by atoms with van der Waals surface area (Å²) >= 11 is 0. The molecular formula is C14H15N3O2. The van der Waals surface area contributed by atoms with Crippen molar-refractivity contribution in [2.45, 2.75) is 13.3 Å². The minimum absolute atomic E-state index is 0.198. The second-order valence-corrected chi connectivity index (χ2v) is 4.35. The summed E-state index contributed by atoms with van der Waals surface area (Å²) in [6.45, 7) is 1.88. The first-order valence-corrected chi connectivity index (χ1v) is 5.89. The molecule has 5 heteroatoms. The predicted octanol–water partition coefficient (Wildman–Crippen LogP) is 1.60. The molecule has 1 heterocycles. The summed E-state index contributed by atoms with van der Waals surface area (Å²) in [4.78, 5) is 25.6. The van der Waals surface area contributed by atoms with Gasteiger partial charge in [0, 0.05) is 11.4 Å². The molecular weight excluding hydrogens is 242 g/mol. The number of carbonyl (C=O) groups excluding carboxylic acids is 2. The van der Waals surface area contributed by atoms with Crippen LogP contribution in [0.1, 0.15) is 21.7 Å². The number of carbonyl (C=O) groups is 2. The van der Waals surface area contributed by atoms with Crippen LogP contribution < -0.4 is 11.1 Å². The van der Waals surface area contributed by atoms with Crippen LogP contribution >= 0.6 is 0 Å². The quantitative estimate of drug-likeness (QED) is 0.776. The van der Waals surface area contributed by atoms with E-state index >= 15 is 0 Å². The normalized spacial score (nSPS) is 10.2. The predicted molar refractivity (Wildman–Crippen MR) is 72.8 cm³/mol. The third kappa shape index (κ3) is 3.45. The Bertz CT molecular complexity index is 599. The lowest BCUT2D eigenvalue weighted by Gasteiger charge is -2.05. The van der Waals surface area contributed by atoms with Crippen molar-refractivity contribution in [2.24, 2.45) is 5.73 Å². The molecule has 4 N–H and O–H groups in total. The highest BCUT2D eigenvalue weighted by Crippen LogP contribution is 2.11.